The van der Waals surface area contributed by atoms with Crippen LogP contribution in [0.2, 0.25) is 5.02 Å². The van der Waals surface area contributed by atoms with Crippen LogP contribution in [0, 0.1) is 11.8 Å². The largest absolute Gasteiger partial charge is 0.445 e. The van der Waals surface area contributed by atoms with Crippen molar-refractivity contribution in [3.63, 3.8) is 0 Å². The Balaban J connectivity index is 1.37. The molecule has 3 atom stereocenters. The molecule has 1 spiro atoms. The van der Waals surface area contributed by atoms with Crippen LogP contribution < -0.4 is 16.0 Å². The Hall–Kier alpha value is -3.47. The molecule has 2 heterocycles. The highest BCUT2D eigenvalue weighted by Crippen LogP contribution is 2.33. The lowest BCUT2D eigenvalue weighted by atomic mass is 9.81. The van der Waals surface area contributed by atoms with Crippen molar-refractivity contribution in [1.29, 1.82) is 0 Å². The minimum atomic E-state index is -1.11. The standard InChI is InChI=1S/C30H39ClN4O7/c1-19(37)35-12-10-30(11-13-35)26(38)24(27(39)34-30)16-23(17-36)32-28(40)25(15-20-6-3-2-4-7-20)33-29(41)42-18-21-8-5-9-22(31)14-21/h5,8-9,14,17,20,23-25H,2-4,6-7,10-13,15-16,18H2,1H3,(H,32,40)(H,33,41)(H,34,39)/t23?,24?,25-/m0/s1. The number of alkyl carbamates (subject to hydrolysis) is 1. The Morgan fingerprint density at radius 1 is 1.12 bits per heavy atom. The topological polar surface area (TPSA) is 151 Å². The van der Waals surface area contributed by atoms with Crippen molar-refractivity contribution in [1.82, 2.24) is 20.9 Å². The molecule has 11 nitrogen and oxygen atoms in total. The fourth-order valence-corrected chi connectivity index (χ4v) is 6.47. The van der Waals surface area contributed by atoms with Crippen molar-refractivity contribution in [2.75, 3.05) is 13.1 Å². The maximum atomic E-state index is 13.4. The van der Waals surface area contributed by atoms with E-state index in [4.69, 9.17) is 16.3 Å². The number of carbonyl (C=O) groups excluding carboxylic acids is 6. The van der Waals surface area contributed by atoms with Gasteiger partial charge in [0, 0.05) is 25.0 Å². The van der Waals surface area contributed by atoms with Gasteiger partial charge in [0.25, 0.3) is 0 Å². The van der Waals surface area contributed by atoms with Gasteiger partial charge in [-0.15, -0.1) is 0 Å². The summed E-state index contributed by atoms with van der Waals surface area (Å²) in [5.74, 6) is -2.35. The molecule has 1 aromatic carbocycles. The molecule has 3 fully saturated rings. The molecule has 2 unspecified atom stereocenters. The Morgan fingerprint density at radius 2 is 1.83 bits per heavy atom. The first-order chi connectivity index (χ1) is 20.1. The van der Waals surface area contributed by atoms with E-state index in [2.05, 4.69) is 16.0 Å². The predicted octanol–water partition coefficient (Wildman–Crippen LogP) is 2.68. The Morgan fingerprint density at radius 3 is 2.48 bits per heavy atom. The summed E-state index contributed by atoms with van der Waals surface area (Å²) in [5.41, 5.74) is -0.376. The molecule has 2 aliphatic heterocycles. The Bertz CT molecular complexity index is 1190. The number of piperidine rings is 1. The zero-order chi connectivity index (χ0) is 30.3. The number of hydrogen-bond donors (Lipinski definition) is 3. The highest BCUT2D eigenvalue weighted by molar-refractivity contribution is 6.30. The van der Waals surface area contributed by atoms with E-state index in [1.165, 1.54) is 6.92 Å². The molecule has 0 aromatic heterocycles. The number of amides is 4. The highest BCUT2D eigenvalue weighted by atomic mass is 35.5. The molecule has 228 valence electrons. The van der Waals surface area contributed by atoms with E-state index in [0.717, 1.165) is 32.1 Å². The number of rotatable bonds is 10. The van der Waals surface area contributed by atoms with Crippen LogP contribution in [0.25, 0.3) is 0 Å². The molecule has 3 N–H and O–H groups in total. The van der Waals surface area contributed by atoms with Gasteiger partial charge in [0.2, 0.25) is 17.7 Å². The van der Waals surface area contributed by atoms with E-state index in [1.807, 2.05) is 0 Å². The molecule has 1 aromatic rings. The number of benzene rings is 1. The van der Waals surface area contributed by atoms with Crippen molar-refractivity contribution in [3.05, 3.63) is 34.9 Å². The fraction of sp³-hybridized carbons (Fsp3) is 0.600. The van der Waals surface area contributed by atoms with Gasteiger partial charge in [-0.05, 0) is 49.3 Å². The lowest BCUT2D eigenvalue weighted by Gasteiger charge is -2.37. The summed E-state index contributed by atoms with van der Waals surface area (Å²) in [6, 6.07) is 4.81. The summed E-state index contributed by atoms with van der Waals surface area (Å²) in [6.45, 7) is 2.13. The maximum absolute atomic E-state index is 13.4. The second kappa shape index (κ2) is 14.1. The molecule has 1 aliphatic carbocycles. The number of aldehydes is 1. The summed E-state index contributed by atoms with van der Waals surface area (Å²) in [4.78, 5) is 77.6. The van der Waals surface area contributed by atoms with Crippen LogP contribution in [0.5, 0.6) is 0 Å². The number of carbonyl (C=O) groups is 6. The van der Waals surface area contributed by atoms with Gasteiger partial charge in [-0.3, -0.25) is 19.2 Å². The van der Waals surface area contributed by atoms with E-state index >= 15 is 0 Å². The average molecular weight is 603 g/mol. The van der Waals surface area contributed by atoms with Crippen molar-refractivity contribution in [2.45, 2.75) is 88.9 Å². The molecule has 4 rings (SSSR count). The molecular formula is C30H39ClN4O7. The quantitative estimate of drug-likeness (QED) is 0.275. The first kappa shape index (κ1) is 31.5. The van der Waals surface area contributed by atoms with Crippen LogP contribution in [-0.2, 0) is 35.3 Å². The number of nitrogens with zero attached hydrogens (tertiary/aromatic N) is 1. The van der Waals surface area contributed by atoms with Crippen molar-refractivity contribution in [3.8, 4) is 0 Å². The highest BCUT2D eigenvalue weighted by Gasteiger charge is 2.54. The van der Waals surface area contributed by atoms with Gasteiger partial charge in [0.15, 0.2) is 5.78 Å². The zero-order valence-corrected chi connectivity index (χ0v) is 24.6. The number of nitrogens with one attached hydrogen (secondary N) is 3. The normalized spacial score (nSPS) is 21.8. The zero-order valence-electron chi connectivity index (χ0n) is 23.9. The Labute approximate surface area is 250 Å². The second-order valence-electron chi connectivity index (χ2n) is 11.6. The predicted molar refractivity (Wildman–Crippen MR) is 153 cm³/mol. The summed E-state index contributed by atoms with van der Waals surface area (Å²) in [7, 11) is 0. The molecule has 3 aliphatic rings. The third kappa shape index (κ3) is 7.87. The number of hydrogen-bond acceptors (Lipinski definition) is 7. The van der Waals surface area contributed by atoms with Gasteiger partial charge >= 0.3 is 6.09 Å². The maximum Gasteiger partial charge on any atom is 0.408 e. The SMILES string of the molecule is CC(=O)N1CCC2(CC1)NC(=O)C(CC(C=O)NC(=O)[C@H](CC1CCCCC1)NC(=O)OCc1cccc(Cl)c1)C2=O. The summed E-state index contributed by atoms with van der Waals surface area (Å²) in [6.07, 6.45) is 5.60. The van der Waals surface area contributed by atoms with Gasteiger partial charge in [-0.1, -0.05) is 55.8 Å². The van der Waals surface area contributed by atoms with E-state index < -0.39 is 41.4 Å². The molecule has 4 amide bonds. The first-order valence-corrected chi connectivity index (χ1v) is 15.0. The molecule has 42 heavy (non-hydrogen) atoms. The van der Waals surface area contributed by atoms with Crippen LogP contribution in [0.4, 0.5) is 4.79 Å². The third-order valence-electron chi connectivity index (χ3n) is 8.67. The summed E-state index contributed by atoms with van der Waals surface area (Å²) < 4.78 is 5.33. The second-order valence-corrected chi connectivity index (χ2v) is 12.1. The van der Waals surface area contributed by atoms with Crippen LogP contribution in [0.15, 0.2) is 24.3 Å². The first-order valence-electron chi connectivity index (χ1n) is 14.7. The average Bonchev–Trinajstić information content (AvgIpc) is 3.19. The van der Waals surface area contributed by atoms with Crippen LogP contribution in [-0.4, -0.2) is 71.5 Å². The lowest BCUT2D eigenvalue weighted by molar-refractivity contribution is -0.135. The van der Waals surface area contributed by atoms with Crippen LogP contribution >= 0.6 is 11.6 Å². The number of halogens is 1. The minimum absolute atomic E-state index is 0.0358. The molecule has 1 saturated carbocycles. The summed E-state index contributed by atoms with van der Waals surface area (Å²) in [5, 5.41) is 8.61. The Kier molecular flexibility index (Phi) is 10.6. The number of ketones is 1. The van der Waals surface area contributed by atoms with Crippen molar-refractivity contribution >= 4 is 47.5 Å². The lowest BCUT2D eigenvalue weighted by Crippen LogP contribution is -2.55. The van der Waals surface area contributed by atoms with E-state index in [9.17, 15) is 28.8 Å². The number of Topliss-reactive ketones (excluding diaryl/α,β-unsaturated/α-hetero) is 1. The van der Waals surface area contributed by atoms with E-state index in [1.54, 1.807) is 29.2 Å². The van der Waals surface area contributed by atoms with Crippen LogP contribution in [0.3, 0.4) is 0 Å². The molecular weight excluding hydrogens is 564 g/mol. The molecule has 0 bridgehead atoms. The molecule has 12 heteroatoms. The smallest absolute Gasteiger partial charge is 0.408 e. The molecule has 0 radical (unpaired) electrons. The fourth-order valence-electron chi connectivity index (χ4n) is 6.26. The minimum Gasteiger partial charge on any atom is -0.445 e. The third-order valence-corrected chi connectivity index (χ3v) is 8.91. The van der Waals surface area contributed by atoms with Gasteiger partial charge < -0.3 is 30.4 Å². The van der Waals surface area contributed by atoms with Gasteiger partial charge in [0.1, 0.15) is 30.4 Å². The van der Waals surface area contributed by atoms with Gasteiger partial charge in [-0.2, -0.15) is 0 Å². The monoisotopic (exact) mass is 602 g/mol. The summed E-state index contributed by atoms with van der Waals surface area (Å²) >= 11 is 6.00. The van der Waals surface area contributed by atoms with Gasteiger partial charge in [-0.25, -0.2) is 4.79 Å². The van der Waals surface area contributed by atoms with Gasteiger partial charge in [0.05, 0.1) is 6.04 Å². The number of likely N-dealkylation sites (tertiary alicyclic amines) is 1. The van der Waals surface area contributed by atoms with E-state index in [0.29, 0.717) is 49.2 Å². The molecule has 2 saturated heterocycles. The van der Waals surface area contributed by atoms with Crippen molar-refractivity contribution in [2.24, 2.45) is 11.8 Å². The number of ether oxygens (including phenoxy) is 1. The van der Waals surface area contributed by atoms with Crippen molar-refractivity contribution < 1.29 is 33.5 Å². The van der Waals surface area contributed by atoms with Crippen LogP contribution in [0.1, 0.15) is 70.3 Å². The van der Waals surface area contributed by atoms with E-state index in [-0.39, 0.29) is 30.6 Å².